The van der Waals surface area contributed by atoms with Crippen molar-refractivity contribution in [2.75, 3.05) is 7.11 Å². The Labute approximate surface area is 103 Å². The summed E-state index contributed by atoms with van der Waals surface area (Å²) in [7, 11) is 1.46. The average Bonchev–Trinajstić information content (AvgIpc) is 2.95. The molecule has 2 N–H and O–H groups in total. The second-order valence-electron chi connectivity index (χ2n) is 3.95. The number of nitrogens with two attached hydrogens (primary N) is 1. The van der Waals surface area contributed by atoms with E-state index in [1.165, 1.54) is 13.2 Å². The van der Waals surface area contributed by atoms with Crippen molar-refractivity contribution in [1.29, 1.82) is 0 Å². The summed E-state index contributed by atoms with van der Waals surface area (Å²) in [5.41, 5.74) is 5.47. The van der Waals surface area contributed by atoms with Gasteiger partial charge in [-0.15, -0.1) is 0 Å². The van der Waals surface area contributed by atoms with Crippen LogP contribution in [0.15, 0.2) is 12.1 Å². The number of ketones is 1. The minimum Gasteiger partial charge on any atom is -0.494 e. The number of hydrogen-bond donors (Lipinski definition) is 1. The zero-order valence-electron chi connectivity index (χ0n) is 8.72. The summed E-state index contributed by atoms with van der Waals surface area (Å²) in [5, 5.41) is 0.723. The third-order valence-electron chi connectivity index (χ3n) is 2.70. The number of Topliss-reactive ketones (excluding diaryl/α,β-unsaturated/α-hetero) is 1. The van der Waals surface area contributed by atoms with Crippen molar-refractivity contribution in [2.45, 2.75) is 18.4 Å². The van der Waals surface area contributed by atoms with Gasteiger partial charge in [-0.05, 0) is 25.0 Å². The number of hydrogen-bond acceptors (Lipinski definition) is 3. The maximum Gasteiger partial charge on any atom is 0.186 e. The Morgan fingerprint density at radius 1 is 1.44 bits per heavy atom. The standard InChI is InChI=1S/C11H11Cl2NO2/c1-16-9-7(4-6(12)5-8(9)13)10(15)11(14)2-3-11/h4-5H,2-3,14H2,1H3. The van der Waals surface area contributed by atoms with Crippen LogP contribution in [-0.4, -0.2) is 18.4 Å². The van der Waals surface area contributed by atoms with Crippen LogP contribution in [0.1, 0.15) is 23.2 Å². The van der Waals surface area contributed by atoms with Crippen molar-refractivity contribution in [1.82, 2.24) is 0 Å². The first-order chi connectivity index (χ1) is 7.48. The van der Waals surface area contributed by atoms with E-state index in [4.69, 9.17) is 33.7 Å². The molecule has 0 atom stereocenters. The van der Waals surface area contributed by atoms with Gasteiger partial charge in [0.15, 0.2) is 5.78 Å². The summed E-state index contributed by atoms with van der Waals surface area (Å²) in [4.78, 5) is 12.1. The molecule has 0 radical (unpaired) electrons. The highest BCUT2D eigenvalue weighted by Gasteiger charge is 2.47. The second kappa shape index (κ2) is 3.91. The van der Waals surface area contributed by atoms with Gasteiger partial charge in [0.2, 0.25) is 0 Å². The molecular formula is C11H11Cl2NO2. The molecular weight excluding hydrogens is 249 g/mol. The zero-order chi connectivity index (χ0) is 11.9. The highest BCUT2D eigenvalue weighted by Crippen LogP contribution is 2.40. The third-order valence-corrected chi connectivity index (χ3v) is 3.20. The summed E-state index contributed by atoms with van der Waals surface area (Å²) in [6.45, 7) is 0. The third kappa shape index (κ3) is 1.90. The minimum atomic E-state index is -0.749. The van der Waals surface area contributed by atoms with Crippen molar-refractivity contribution < 1.29 is 9.53 Å². The Hall–Kier alpha value is -0.770. The van der Waals surface area contributed by atoms with Gasteiger partial charge in [0.1, 0.15) is 5.75 Å². The van der Waals surface area contributed by atoms with Crippen molar-refractivity contribution in [3.63, 3.8) is 0 Å². The SMILES string of the molecule is COc1c(Cl)cc(Cl)cc1C(=O)C1(N)CC1. The van der Waals surface area contributed by atoms with Crippen LogP contribution in [0.2, 0.25) is 10.0 Å². The molecule has 1 aromatic carbocycles. The van der Waals surface area contributed by atoms with Crippen LogP contribution in [0, 0.1) is 0 Å². The molecule has 0 saturated heterocycles. The molecule has 1 saturated carbocycles. The van der Waals surface area contributed by atoms with Gasteiger partial charge in [0.25, 0.3) is 0 Å². The maximum atomic E-state index is 12.1. The van der Waals surface area contributed by atoms with Crippen molar-refractivity contribution in [3.05, 3.63) is 27.7 Å². The molecule has 0 bridgehead atoms. The monoisotopic (exact) mass is 259 g/mol. The van der Waals surface area contributed by atoms with E-state index in [-0.39, 0.29) is 5.78 Å². The molecule has 3 nitrogen and oxygen atoms in total. The second-order valence-corrected chi connectivity index (χ2v) is 4.80. The number of halogens is 2. The van der Waals surface area contributed by atoms with E-state index in [2.05, 4.69) is 0 Å². The average molecular weight is 260 g/mol. The van der Waals surface area contributed by atoms with E-state index in [1.807, 2.05) is 0 Å². The summed E-state index contributed by atoms with van der Waals surface area (Å²) in [6, 6.07) is 3.08. The lowest BCUT2D eigenvalue weighted by Gasteiger charge is -2.13. The number of carbonyl (C=O) groups is 1. The van der Waals surface area contributed by atoms with Crippen molar-refractivity contribution in [3.8, 4) is 5.75 Å². The maximum absolute atomic E-state index is 12.1. The van der Waals surface area contributed by atoms with Crippen LogP contribution < -0.4 is 10.5 Å². The molecule has 2 rings (SSSR count). The van der Waals surface area contributed by atoms with Gasteiger partial charge in [-0.2, -0.15) is 0 Å². The van der Waals surface area contributed by atoms with Crippen molar-refractivity contribution >= 4 is 29.0 Å². The number of methoxy groups -OCH3 is 1. The van der Waals surface area contributed by atoms with Gasteiger partial charge in [-0.3, -0.25) is 4.79 Å². The number of carbonyl (C=O) groups excluding carboxylic acids is 1. The quantitative estimate of drug-likeness (QED) is 0.850. The fourth-order valence-electron chi connectivity index (χ4n) is 1.57. The molecule has 86 valence electrons. The fourth-order valence-corrected chi connectivity index (χ4v) is 2.14. The number of benzene rings is 1. The lowest BCUT2D eigenvalue weighted by Crippen LogP contribution is -2.33. The number of rotatable bonds is 3. The molecule has 16 heavy (non-hydrogen) atoms. The van der Waals surface area contributed by atoms with E-state index < -0.39 is 5.54 Å². The van der Waals surface area contributed by atoms with E-state index >= 15 is 0 Å². The van der Waals surface area contributed by atoms with Gasteiger partial charge >= 0.3 is 0 Å². The van der Waals surface area contributed by atoms with Crippen molar-refractivity contribution in [2.24, 2.45) is 5.73 Å². The van der Waals surface area contributed by atoms with Gasteiger partial charge in [0, 0.05) is 5.02 Å². The van der Waals surface area contributed by atoms with Crippen LogP contribution in [0.25, 0.3) is 0 Å². The normalized spacial score (nSPS) is 17.0. The Bertz CT molecular complexity index is 456. The minimum absolute atomic E-state index is 0.159. The summed E-state index contributed by atoms with van der Waals surface area (Å²) in [5.74, 6) is 0.182. The Morgan fingerprint density at radius 3 is 2.56 bits per heavy atom. The molecule has 1 aliphatic rings. The molecule has 1 aromatic rings. The molecule has 1 aliphatic carbocycles. The topological polar surface area (TPSA) is 52.3 Å². The molecule has 0 unspecified atom stereocenters. The largest absolute Gasteiger partial charge is 0.494 e. The van der Waals surface area contributed by atoms with Crippen LogP contribution in [0.3, 0.4) is 0 Å². The van der Waals surface area contributed by atoms with Crippen LogP contribution in [-0.2, 0) is 0 Å². The Balaban J connectivity index is 2.50. The zero-order valence-corrected chi connectivity index (χ0v) is 10.2. The van der Waals surface area contributed by atoms with E-state index in [1.54, 1.807) is 6.07 Å². The molecule has 5 heteroatoms. The first-order valence-electron chi connectivity index (χ1n) is 4.84. The van der Waals surface area contributed by atoms with Gasteiger partial charge < -0.3 is 10.5 Å². The molecule has 0 aromatic heterocycles. The van der Waals surface area contributed by atoms with E-state index in [9.17, 15) is 4.79 Å². The highest BCUT2D eigenvalue weighted by molar-refractivity contribution is 6.36. The van der Waals surface area contributed by atoms with Gasteiger partial charge in [-0.1, -0.05) is 23.2 Å². The lowest BCUT2D eigenvalue weighted by molar-refractivity contribution is 0.0946. The first-order valence-corrected chi connectivity index (χ1v) is 5.60. The van der Waals surface area contributed by atoms with Gasteiger partial charge in [-0.25, -0.2) is 0 Å². The molecule has 1 fully saturated rings. The highest BCUT2D eigenvalue weighted by atomic mass is 35.5. The van der Waals surface area contributed by atoms with E-state index in [0.29, 0.717) is 34.2 Å². The molecule has 0 spiro atoms. The fraction of sp³-hybridized carbons (Fsp3) is 0.364. The lowest BCUT2D eigenvalue weighted by atomic mass is 10.0. The van der Waals surface area contributed by atoms with Crippen LogP contribution >= 0.6 is 23.2 Å². The van der Waals surface area contributed by atoms with E-state index in [0.717, 1.165) is 0 Å². The Kier molecular flexibility index (Phi) is 2.86. The summed E-state index contributed by atoms with van der Waals surface area (Å²) < 4.78 is 5.11. The predicted molar refractivity (Wildman–Crippen MR) is 63.5 cm³/mol. The first kappa shape index (κ1) is 11.7. The van der Waals surface area contributed by atoms with Gasteiger partial charge in [0.05, 0.1) is 23.2 Å². The number of ether oxygens (including phenoxy) is 1. The molecule has 0 aliphatic heterocycles. The summed E-state index contributed by atoms with van der Waals surface area (Å²) >= 11 is 11.8. The van der Waals surface area contributed by atoms with Crippen LogP contribution in [0.5, 0.6) is 5.75 Å². The smallest absolute Gasteiger partial charge is 0.186 e. The Morgan fingerprint density at radius 2 is 2.06 bits per heavy atom. The predicted octanol–water partition coefficient (Wildman–Crippen LogP) is 2.68. The summed E-state index contributed by atoms with van der Waals surface area (Å²) in [6.07, 6.45) is 1.39. The van der Waals surface area contributed by atoms with Crippen LogP contribution in [0.4, 0.5) is 0 Å². The molecule has 0 amide bonds. The molecule has 0 heterocycles.